The van der Waals surface area contributed by atoms with E-state index in [0.717, 1.165) is 12.0 Å². The molecular formula is C13H18N2O3. The Hall–Kier alpha value is -2.04. The number of carbonyl (C=O) groups excluding carboxylic acids is 1. The molecule has 98 valence electrons. The molecule has 1 rings (SSSR count). The Bertz CT molecular complexity index is 458. The number of carbonyl (C=O) groups is 2. The van der Waals surface area contributed by atoms with Crippen molar-refractivity contribution in [1.82, 2.24) is 5.32 Å². The molecule has 2 amide bonds. The first-order valence-corrected chi connectivity index (χ1v) is 5.84. The largest absolute Gasteiger partial charge is 0.480 e. The lowest BCUT2D eigenvalue weighted by Crippen LogP contribution is -2.40. The Balaban J connectivity index is 2.67. The lowest BCUT2D eigenvalue weighted by Gasteiger charge is -2.12. The molecule has 5 heteroatoms. The number of aryl methyl sites for hydroxylation is 2. The molecular weight excluding hydrogens is 232 g/mol. The Morgan fingerprint density at radius 3 is 2.61 bits per heavy atom. The summed E-state index contributed by atoms with van der Waals surface area (Å²) < 4.78 is 0. The van der Waals surface area contributed by atoms with Crippen LogP contribution in [0.25, 0.3) is 0 Å². The zero-order valence-electron chi connectivity index (χ0n) is 10.8. The number of hydrogen-bond donors (Lipinski definition) is 3. The van der Waals surface area contributed by atoms with Gasteiger partial charge in [0.15, 0.2) is 0 Å². The Morgan fingerprint density at radius 1 is 1.39 bits per heavy atom. The van der Waals surface area contributed by atoms with Crippen molar-refractivity contribution in [2.45, 2.75) is 33.2 Å². The normalized spacial score (nSPS) is 11.7. The Kier molecular flexibility index (Phi) is 4.71. The second-order valence-corrected chi connectivity index (χ2v) is 4.15. The van der Waals surface area contributed by atoms with Gasteiger partial charge in [-0.25, -0.2) is 4.79 Å². The molecule has 0 spiro atoms. The lowest BCUT2D eigenvalue weighted by atomic mass is 10.1. The standard InChI is InChI=1S/C13H18N2O3/c1-4-10-7-11(6-5-8(10)2)15-13(18)14-9(3)12(16)17/h5-7,9H,4H2,1-3H3,(H,16,17)(H2,14,15,18)/t9-/m0/s1. The minimum atomic E-state index is -1.07. The summed E-state index contributed by atoms with van der Waals surface area (Å²) in [6.07, 6.45) is 0.883. The molecule has 0 aromatic heterocycles. The maximum absolute atomic E-state index is 11.5. The maximum Gasteiger partial charge on any atom is 0.325 e. The summed E-state index contributed by atoms with van der Waals surface area (Å²) in [5, 5.41) is 13.6. The smallest absolute Gasteiger partial charge is 0.325 e. The van der Waals surface area contributed by atoms with E-state index in [4.69, 9.17) is 5.11 Å². The second kappa shape index (κ2) is 6.05. The van der Waals surface area contributed by atoms with E-state index in [-0.39, 0.29) is 0 Å². The summed E-state index contributed by atoms with van der Waals surface area (Å²) in [6.45, 7) is 5.46. The minimum Gasteiger partial charge on any atom is -0.480 e. The molecule has 1 aromatic rings. The van der Waals surface area contributed by atoms with Crippen LogP contribution < -0.4 is 10.6 Å². The van der Waals surface area contributed by atoms with E-state index in [1.54, 1.807) is 6.07 Å². The van der Waals surface area contributed by atoms with E-state index < -0.39 is 18.0 Å². The highest BCUT2D eigenvalue weighted by atomic mass is 16.4. The molecule has 3 N–H and O–H groups in total. The summed E-state index contributed by atoms with van der Waals surface area (Å²) in [6, 6.07) is 4.17. The highest BCUT2D eigenvalue weighted by molar-refractivity contribution is 5.92. The zero-order chi connectivity index (χ0) is 13.7. The number of carboxylic acids is 1. The van der Waals surface area contributed by atoms with E-state index in [1.807, 2.05) is 26.0 Å². The van der Waals surface area contributed by atoms with Gasteiger partial charge < -0.3 is 15.7 Å². The van der Waals surface area contributed by atoms with Crippen LogP contribution in [0.4, 0.5) is 10.5 Å². The van der Waals surface area contributed by atoms with Crippen LogP contribution in [-0.4, -0.2) is 23.1 Å². The molecule has 0 unspecified atom stereocenters. The third kappa shape index (κ3) is 3.76. The Morgan fingerprint density at radius 2 is 2.06 bits per heavy atom. The topological polar surface area (TPSA) is 78.4 Å². The number of rotatable bonds is 4. The van der Waals surface area contributed by atoms with Gasteiger partial charge in [0.05, 0.1) is 0 Å². The molecule has 1 atom stereocenters. The van der Waals surface area contributed by atoms with Crippen molar-refractivity contribution < 1.29 is 14.7 Å². The molecule has 1 aromatic carbocycles. The third-order valence-corrected chi connectivity index (χ3v) is 2.71. The molecule has 0 aliphatic rings. The van der Waals surface area contributed by atoms with Crippen molar-refractivity contribution >= 4 is 17.7 Å². The fourth-order valence-electron chi connectivity index (χ4n) is 1.56. The summed E-state index contributed by atoms with van der Waals surface area (Å²) >= 11 is 0. The highest BCUT2D eigenvalue weighted by Gasteiger charge is 2.13. The number of aliphatic carboxylic acids is 1. The van der Waals surface area contributed by atoms with Gasteiger partial charge in [-0.1, -0.05) is 13.0 Å². The lowest BCUT2D eigenvalue weighted by molar-refractivity contribution is -0.138. The molecule has 0 aliphatic heterocycles. The highest BCUT2D eigenvalue weighted by Crippen LogP contribution is 2.15. The van der Waals surface area contributed by atoms with E-state index in [2.05, 4.69) is 10.6 Å². The van der Waals surface area contributed by atoms with Gasteiger partial charge in [0, 0.05) is 5.69 Å². The monoisotopic (exact) mass is 250 g/mol. The number of amides is 2. The number of urea groups is 1. The van der Waals surface area contributed by atoms with E-state index in [1.165, 1.54) is 12.5 Å². The fraction of sp³-hybridized carbons (Fsp3) is 0.385. The number of carboxylic acid groups (broad SMARTS) is 1. The summed E-state index contributed by atoms with van der Waals surface area (Å²) in [5.74, 6) is -1.07. The van der Waals surface area contributed by atoms with Crippen molar-refractivity contribution in [2.24, 2.45) is 0 Å². The first kappa shape index (κ1) is 14.0. The predicted molar refractivity (Wildman–Crippen MR) is 69.8 cm³/mol. The first-order valence-electron chi connectivity index (χ1n) is 5.84. The van der Waals surface area contributed by atoms with Crippen molar-refractivity contribution in [3.63, 3.8) is 0 Å². The molecule has 0 saturated carbocycles. The van der Waals surface area contributed by atoms with Gasteiger partial charge in [-0.05, 0) is 43.5 Å². The SMILES string of the molecule is CCc1cc(NC(=O)N[C@@H](C)C(=O)O)ccc1C. The summed E-state index contributed by atoms with van der Waals surface area (Å²) in [5.41, 5.74) is 2.98. The number of nitrogens with one attached hydrogen (secondary N) is 2. The van der Waals surface area contributed by atoms with Gasteiger partial charge in [0.2, 0.25) is 0 Å². The molecule has 18 heavy (non-hydrogen) atoms. The molecule has 0 fully saturated rings. The van der Waals surface area contributed by atoms with Crippen LogP contribution in [0.5, 0.6) is 0 Å². The number of anilines is 1. The molecule has 0 bridgehead atoms. The third-order valence-electron chi connectivity index (χ3n) is 2.71. The van der Waals surface area contributed by atoms with Gasteiger partial charge in [0.25, 0.3) is 0 Å². The number of hydrogen-bond acceptors (Lipinski definition) is 2. The van der Waals surface area contributed by atoms with Gasteiger partial charge in [-0.15, -0.1) is 0 Å². The van der Waals surface area contributed by atoms with Crippen LogP contribution in [0.2, 0.25) is 0 Å². The molecule has 0 heterocycles. The van der Waals surface area contributed by atoms with Gasteiger partial charge >= 0.3 is 12.0 Å². The maximum atomic E-state index is 11.5. The first-order chi connectivity index (χ1) is 8.43. The minimum absolute atomic E-state index is 0.518. The van der Waals surface area contributed by atoms with E-state index in [9.17, 15) is 9.59 Å². The number of benzene rings is 1. The van der Waals surface area contributed by atoms with Crippen LogP contribution in [0.15, 0.2) is 18.2 Å². The zero-order valence-corrected chi connectivity index (χ0v) is 10.8. The average molecular weight is 250 g/mol. The fourth-order valence-corrected chi connectivity index (χ4v) is 1.56. The van der Waals surface area contributed by atoms with Crippen LogP contribution in [0, 0.1) is 6.92 Å². The molecule has 0 radical (unpaired) electrons. The molecule has 5 nitrogen and oxygen atoms in total. The van der Waals surface area contributed by atoms with Crippen molar-refractivity contribution in [3.05, 3.63) is 29.3 Å². The van der Waals surface area contributed by atoms with Gasteiger partial charge in [-0.2, -0.15) is 0 Å². The van der Waals surface area contributed by atoms with Crippen LogP contribution in [-0.2, 0) is 11.2 Å². The van der Waals surface area contributed by atoms with Crippen LogP contribution in [0.1, 0.15) is 25.0 Å². The predicted octanol–water partition coefficient (Wildman–Crippen LogP) is 2.15. The van der Waals surface area contributed by atoms with E-state index in [0.29, 0.717) is 5.69 Å². The summed E-state index contributed by atoms with van der Waals surface area (Å²) in [7, 11) is 0. The molecule has 0 saturated heterocycles. The van der Waals surface area contributed by atoms with Crippen molar-refractivity contribution in [2.75, 3.05) is 5.32 Å². The van der Waals surface area contributed by atoms with Crippen molar-refractivity contribution in [3.8, 4) is 0 Å². The second-order valence-electron chi connectivity index (χ2n) is 4.15. The van der Waals surface area contributed by atoms with Crippen LogP contribution >= 0.6 is 0 Å². The average Bonchev–Trinajstić information content (AvgIpc) is 2.31. The molecule has 0 aliphatic carbocycles. The van der Waals surface area contributed by atoms with Gasteiger partial charge in [0.1, 0.15) is 6.04 Å². The Labute approximate surface area is 106 Å². The summed E-state index contributed by atoms with van der Waals surface area (Å²) in [4.78, 5) is 22.1. The van der Waals surface area contributed by atoms with Crippen molar-refractivity contribution in [1.29, 1.82) is 0 Å². The van der Waals surface area contributed by atoms with Gasteiger partial charge in [-0.3, -0.25) is 4.79 Å². The van der Waals surface area contributed by atoms with E-state index >= 15 is 0 Å². The quantitative estimate of drug-likeness (QED) is 0.766. The van der Waals surface area contributed by atoms with Crippen LogP contribution in [0.3, 0.4) is 0 Å².